The van der Waals surface area contributed by atoms with E-state index in [0.29, 0.717) is 5.88 Å². The summed E-state index contributed by atoms with van der Waals surface area (Å²) in [4.78, 5) is 0. The van der Waals surface area contributed by atoms with E-state index in [1.165, 1.54) is 5.56 Å². The third kappa shape index (κ3) is 2.32. The van der Waals surface area contributed by atoms with E-state index in [-0.39, 0.29) is 0 Å². The molecule has 0 amide bonds. The highest BCUT2D eigenvalue weighted by molar-refractivity contribution is 6.17. The summed E-state index contributed by atoms with van der Waals surface area (Å²) in [6.07, 6.45) is 0. The van der Waals surface area contributed by atoms with E-state index in [1.54, 1.807) is 0 Å². The van der Waals surface area contributed by atoms with E-state index in [2.05, 4.69) is 29.4 Å². The first-order chi connectivity index (χ1) is 9.79. The topological polar surface area (TPSA) is 30.7 Å². The smallest absolute Gasteiger partial charge is 0.106 e. The number of aromatic nitrogens is 3. The summed E-state index contributed by atoms with van der Waals surface area (Å²) in [6, 6.07) is 18.3. The Balaban J connectivity index is 2.20. The fourth-order valence-electron chi connectivity index (χ4n) is 2.23. The van der Waals surface area contributed by atoms with Gasteiger partial charge in [0.05, 0.1) is 17.3 Å². The van der Waals surface area contributed by atoms with Crippen LogP contribution in [0.5, 0.6) is 0 Å². The highest BCUT2D eigenvalue weighted by Gasteiger charge is 2.15. The fraction of sp³-hybridized carbons (Fsp3) is 0.125. The number of nitrogens with zero attached hydrogens (tertiary/aromatic N) is 3. The summed E-state index contributed by atoms with van der Waals surface area (Å²) >= 11 is 6.00. The van der Waals surface area contributed by atoms with Crippen LogP contribution in [0.4, 0.5) is 0 Å². The molecular formula is C16H14ClN3. The minimum atomic E-state index is 0.343. The third-order valence-corrected chi connectivity index (χ3v) is 3.41. The van der Waals surface area contributed by atoms with Gasteiger partial charge >= 0.3 is 0 Å². The molecule has 0 aliphatic carbocycles. The second kappa shape index (κ2) is 5.47. The first kappa shape index (κ1) is 12.9. The minimum Gasteiger partial charge on any atom is -0.213 e. The van der Waals surface area contributed by atoms with Gasteiger partial charge in [0.2, 0.25) is 0 Å². The summed E-state index contributed by atoms with van der Waals surface area (Å²) < 4.78 is 1.85. The molecule has 2 aromatic carbocycles. The van der Waals surface area contributed by atoms with Gasteiger partial charge in [-0.15, -0.1) is 16.7 Å². The monoisotopic (exact) mass is 283 g/mol. The second-order valence-corrected chi connectivity index (χ2v) is 4.90. The Morgan fingerprint density at radius 3 is 2.55 bits per heavy atom. The minimum absolute atomic E-state index is 0.343. The van der Waals surface area contributed by atoms with Crippen molar-refractivity contribution in [2.75, 3.05) is 0 Å². The van der Waals surface area contributed by atoms with Gasteiger partial charge in [0.15, 0.2) is 0 Å². The number of hydrogen-bond acceptors (Lipinski definition) is 2. The van der Waals surface area contributed by atoms with E-state index in [4.69, 9.17) is 11.6 Å². The van der Waals surface area contributed by atoms with Crippen LogP contribution in [0, 0.1) is 6.92 Å². The lowest BCUT2D eigenvalue weighted by atomic mass is 10.1. The number of alkyl halides is 1. The third-order valence-electron chi connectivity index (χ3n) is 3.16. The predicted octanol–water partition coefficient (Wildman–Crippen LogP) is 3.98. The molecule has 1 aromatic heterocycles. The van der Waals surface area contributed by atoms with Gasteiger partial charge in [-0.2, -0.15) is 0 Å². The number of aryl methyl sites for hydroxylation is 1. The van der Waals surface area contributed by atoms with Crippen molar-refractivity contribution in [2.24, 2.45) is 0 Å². The van der Waals surface area contributed by atoms with E-state index in [0.717, 1.165) is 22.6 Å². The SMILES string of the molecule is Cc1cccc(-n2nnc(CCl)c2-c2ccccc2)c1. The summed E-state index contributed by atoms with van der Waals surface area (Å²) in [5.41, 5.74) is 4.98. The van der Waals surface area contributed by atoms with Crippen LogP contribution in [0.25, 0.3) is 16.9 Å². The molecule has 0 bridgehead atoms. The Bertz CT molecular complexity index is 720. The zero-order chi connectivity index (χ0) is 13.9. The molecule has 0 spiro atoms. The van der Waals surface area contributed by atoms with Gasteiger partial charge in [0, 0.05) is 5.56 Å². The Kier molecular flexibility index (Phi) is 3.52. The number of hydrogen-bond donors (Lipinski definition) is 0. The van der Waals surface area contributed by atoms with Crippen LogP contribution >= 0.6 is 11.6 Å². The van der Waals surface area contributed by atoms with Crippen molar-refractivity contribution < 1.29 is 0 Å². The molecule has 3 rings (SSSR count). The molecule has 0 N–H and O–H groups in total. The summed E-state index contributed by atoms with van der Waals surface area (Å²) in [7, 11) is 0. The van der Waals surface area contributed by atoms with Crippen LogP contribution in [0.2, 0.25) is 0 Å². The fourth-order valence-corrected chi connectivity index (χ4v) is 2.41. The number of rotatable bonds is 3. The zero-order valence-corrected chi connectivity index (χ0v) is 11.9. The lowest BCUT2D eigenvalue weighted by Gasteiger charge is -2.08. The molecule has 0 radical (unpaired) electrons. The normalized spacial score (nSPS) is 10.7. The molecule has 0 saturated heterocycles. The highest BCUT2D eigenvalue weighted by atomic mass is 35.5. The van der Waals surface area contributed by atoms with Crippen molar-refractivity contribution in [1.82, 2.24) is 15.0 Å². The molecule has 0 saturated carbocycles. The average molecular weight is 284 g/mol. The van der Waals surface area contributed by atoms with Gasteiger partial charge in [0.25, 0.3) is 0 Å². The Hall–Kier alpha value is -2.13. The van der Waals surface area contributed by atoms with Crippen LogP contribution in [0.1, 0.15) is 11.3 Å². The molecule has 3 nitrogen and oxygen atoms in total. The van der Waals surface area contributed by atoms with Crippen LogP contribution < -0.4 is 0 Å². The van der Waals surface area contributed by atoms with E-state index >= 15 is 0 Å². The van der Waals surface area contributed by atoms with Gasteiger partial charge in [-0.1, -0.05) is 47.7 Å². The van der Waals surface area contributed by atoms with Crippen molar-refractivity contribution in [3.63, 3.8) is 0 Å². The number of halogens is 1. The summed E-state index contributed by atoms with van der Waals surface area (Å²) in [6.45, 7) is 2.06. The first-order valence-electron chi connectivity index (χ1n) is 6.42. The van der Waals surface area contributed by atoms with Crippen LogP contribution in [0.3, 0.4) is 0 Å². The molecule has 20 heavy (non-hydrogen) atoms. The van der Waals surface area contributed by atoms with Crippen molar-refractivity contribution in [2.45, 2.75) is 12.8 Å². The standard InChI is InChI=1S/C16H14ClN3/c1-12-6-5-9-14(10-12)20-16(15(11-17)18-19-20)13-7-3-2-4-8-13/h2-10H,11H2,1H3. The summed E-state index contributed by atoms with van der Waals surface area (Å²) in [5, 5.41) is 8.46. The summed E-state index contributed by atoms with van der Waals surface area (Å²) in [5.74, 6) is 0.343. The van der Waals surface area contributed by atoms with Gasteiger partial charge in [0.1, 0.15) is 5.69 Å². The van der Waals surface area contributed by atoms with Crippen LogP contribution in [0.15, 0.2) is 54.6 Å². The lowest BCUT2D eigenvalue weighted by Crippen LogP contribution is -2.00. The molecule has 4 heteroatoms. The Labute approximate surface area is 122 Å². The number of benzene rings is 2. The van der Waals surface area contributed by atoms with Crippen LogP contribution in [-0.2, 0) is 5.88 Å². The van der Waals surface area contributed by atoms with E-state index in [9.17, 15) is 0 Å². The Morgan fingerprint density at radius 2 is 1.85 bits per heavy atom. The maximum atomic E-state index is 6.00. The molecular weight excluding hydrogens is 270 g/mol. The molecule has 0 unspecified atom stereocenters. The second-order valence-electron chi connectivity index (χ2n) is 4.64. The quantitative estimate of drug-likeness (QED) is 0.681. The molecule has 0 aliphatic rings. The first-order valence-corrected chi connectivity index (χ1v) is 6.96. The maximum absolute atomic E-state index is 6.00. The van der Waals surface area contributed by atoms with E-state index in [1.807, 2.05) is 47.1 Å². The molecule has 0 atom stereocenters. The average Bonchev–Trinajstić information content (AvgIpc) is 2.92. The largest absolute Gasteiger partial charge is 0.213 e. The maximum Gasteiger partial charge on any atom is 0.106 e. The predicted molar refractivity (Wildman–Crippen MR) is 81.1 cm³/mol. The molecule has 1 heterocycles. The molecule has 3 aromatic rings. The van der Waals surface area contributed by atoms with Crippen molar-refractivity contribution in [1.29, 1.82) is 0 Å². The molecule has 0 aliphatic heterocycles. The highest BCUT2D eigenvalue weighted by Crippen LogP contribution is 2.26. The zero-order valence-electron chi connectivity index (χ0n) is 11.1. The van der Waals surface area contributed by atoms with Gasteiger partial charge in [-0.3, -0.25) is 0 Å². The molecule has 0 fully saturated rings. The van der Waals surface area contributed by atoms with Crippen LogP contribution in [-0.4, -0.2) is 15.0 Å². The van der Waals surface area contributed by atoms with Gasteiger partial charge < -0.3 is 0 Å². The van der Waals surface area contributed by atoms with E-state index < -0.39 is 0 Å². The van der Waals surface area contributed by atoms with Crippen molar-refractivity contribution in [3.05, 3.63) is 65.9 Å². The Morgan fingerprint density at radius 1 is 1.05 bits per heavy atom. The van der Waals surface area contributed by atoms with Crippen molar-refractivity contribution in [3.8, 4) is 16.9 Å². The van der Waals surface area contributed by atoms with Gasteiger partial charge in [-0.25, -0.2) is 4.68 Å². The lowest BCUT2D eigenvalue weighted by molar-refractivity contribution is 0.803. The van der Waals surface area contributed by atoms with Gasteiger partial charge in [-0.05, 0) is 24.6 Å². The molecule has 100 valence electrons. The van der Waals surface area contributed by atoms with Crippen molar-refractivity contribution >= 4 is 11.6 Å².